The summed E-state index contributed by atoms with van der Waals surface area (Å²) in [7, 11) is 0. The number of likely N-dealkylation sites (tertiary alicyclic amines) is 1. The first-order valence-electron chi connectivity index (χ1n) is 7.22. The van der Waals surface area contributed by atoms with Crippen LogP contribution in [0.1, 0.15) is 24.6 Å². The lowest BCUT2D eigenvalue weighted by atomic mass is 10.1. The number of hydrogen-bond donors (Lipinski definition) is 1. The molecule has 0 bridgehead atoms. The van der Waals surface area contributed by atoms with Crippen LogP contribution in [0.2, 0.25) is 0 Å². The number of hydrogen-bond acceptors (Lipinski definition) is 5. The number of nitrogens with zero attached hydrogens (tertiary/aromatic N) is 5. The lowest BCUT2D eigenvalue weighted by Gasteiger charge is -2.31. The van der Waals surface area contributed by atoms with Gasteiger partial charge in [-0.15, -0.1) is 11.3 Å². The first kappa shape index (κ1) is 12.8. The highest BCUT2D eigenvalue weighted by atomic mass is 32.1. The Morgan fingerprint density at radius 2 is 2.14 bits per heavy atom. The van der Waals surface area contributed by atoms with Crippen molar-refractivity contribution >= 4 is 22.1 Å². The second-order valence-electron chi connectivity index (χ2n) is 5.55. The molecule has 0 aliphatic carbocycles. The number of nitrogen functional groups attached to an aromatic ring is 1. The molecular weight excluding hydrogens is 284 g/mol. The summed E-state index contributed by atoms with van der Waals surface area (Å²) in [4.78, 5) is 8.20. The molecule has 0 aromatic carbocycles. The van der Waals surface area contributed by atoms with Gasteiger partial charge in [0.15, 0.2) is 4.96 Å². The van der Waals surface area contributed by atoms with Gasteiger partial charge in [0.05, 0.1) is 11.7 Å². The van der Waals surface area contributed by atoms with Gasteiger partial charge in [-0.25, -0.2) is 4.98 Å². The standard InChI is InChI=1S/C14H18N6S/c15-13-3-6-20(17-13)12-1-4-18(5-2-12)9-11-10-19-7-8-21-14(19)16-11/h3,6-8,10,12H,1-2,4-5,9H2,(H2,15,17). The lowest BCUT2D eigenvalue weighted by Crippen LogP contribution is -2.34. The van der Waals surface area contributed by atoms with E-state index in [2.05, 4.69) is 37.2 Å². The van der Waals surface area contributed by atoms with Crippen LogP contribution in [0.25, 0.3) is 4.96 Å². The smallest absolute Gasteiger partial charge is 0.193 e. The fourth-order valence-corrected chi connectivity index (χ4v) is 3.70. The summed E-state index contributed by atoms with van der Waals surface area (Å²) in [5.41, 5.74) is 6.85. The van der Waals surface area contributed by atoms with Crippen molar-refractivity contribution in [2.45, 2.75) is 25.4 Å². The second kappa shape index (κ2) is 5.16. The number of anilines is 1. The van der Waals surface area contributed by atoms with Crippen molar-refractivity contribution in [1.29, 1.82) is 0 Å². The number of piperidine rings is 1. The van der Waals surface area contributed by atoms with E-state index in [1.165, 1.54) is 0 Å². The van der Waals surface area contributed by atoms with Crippen molar-refractivity contribution in [3.8, 4) is 0 Å². The summed E-state index contributed by atoms with van der Waals surface area (Å²) in [6.45, 7) is 3.09. The van der Waals surface area contributed by atoms with Gasteiger partial charge in [-0.2, -0.15) is 5.10 Å². The molecule has 0 radical (unpaired) electrons. The largest absolute Gasteiger partial charge is 0.382 e. The molecule has 7 heteroatoms. The van der Waals surface area contributed by atoms with Crippen molar-refractivity contribution in [3.63, 3.8) is 0 Å². The molecule has 1 aliphatic rings. The van der Waals surface area contributed by atoms with Crippen molar-refractivity contribution < 1.29 is 0 Å². The number of fused-ring (bicyclic) bond motifs is 1. The Balaban J connectivity index is 1.37. The SMILES string of the molecule is Nc1ccn(C2CCN(Cc3cn4ccsc4n3)CC2)n1. The van der Waals surface area contributed by atoms with Crippen LogP contribution in [-0.4, -0.2) is 37.2 Å². The van der Waals surface area contributed by atoms with Gasteiger partial charge in [0.2, 0.25) is 0 Å². The van der Waals surface area contributed by atoms with Crippen molar-refractivity contribution in [2.24, 2.45) is 0 Å². The summed E-state index contributed by atoms with van der Waals surface area (Å²) < 4.78 is 4.11. The third-order valence-electron chi connectivity index (χ3n) is 4.09. The van der Waals surface area contributed by atoms with Gasteiger partial charge in [-0.3, -0.25) is 14.0 Å². The molecule has 3 aromatic heterocycles. The van der Waals surface area contributed by atoms with Crippen LogP contribution in [0.3, 0.4) is 0 Å². The molecule has 0 saturated carbocycles. The van der Waals surface area contributed by atoms with E-state index in [9.17, 15) is 0 Å². The van der Waals surface area contributed by atoms with Crippen molar-refractivity contribution in [1.82, 2.24) is 24.1 Å². The van der Waals surface area contributed by atoms with Crippen LogP contribution >= 0.6 is 11.3 Å². The zero-order chi connectivity index (χ0) is 14.2. The Morgan fingerprint density at radius 3 is 2.86 bits per heavy atom. The average molecular weight is 302 g/mol. The monoisotopic (exact) mass is 302 g/mol. The quantitative estimate of drug-likeness (QED) is 0.804. The predicted molar refractivity (Wildman–Crippen MR) is 83.3 cm³/mol. The van der Waals surface area contributed by atoms with Crippen molar-refractivity contribution in [3.05, 3.63) is 35.7 Å². The molecule has 1 aliphatic heterocycles. The molecule has 0 amide bonds. The second-order valence-corrected chi connectivity index (χ2v) is 6.43. The zero-order valence-corrected chi connectivity index (χ0v) is 12.5. The van der Waals surface area contributed by atoms with Crippen LogP contribution in [0.4, 0.5) is 5.82 Å². The Morgan fingerprint density at radius 1 is 1.29 bits per heavy atom. The summed E-state index contributed by atoms with van der Waals surface area (Å²) in [6.07, 6.45) is 8.41. The maximum atomic E-state index is 5.69. The van der Waals surface area contributed by atoms with E-state index in [4.69, 9.17) is 5.73 Å². The highest BCUT2D eigenvalue weighted by Gasteiger charge is 2.21. The minimum Gasteiger partial charge on any atom is -0.382 e. The van der Waals surface area contributed by atoms with Gasteiger partial charge in [-0.1, -0.05) is 0 Å². The third-order valence-corrected chi connectivity index (χ3v) is 4.86. The number of thiazole rings is 1. The molecule has 0 unspecified atom stereocenters. The summed E-state index contributed by atoms with van der Waals surface area (Å²) in [5, 5.41) is 6.39. The normalized spacial score (nSPS) is 17.7. The Bertz CT molecular complexity index is 705. The van der Waals surface area contributed by atoms with E-state index in [1.807, 2.05) is 16.9 Å². The fourth-order valence-electron chi connectivity index (χ4n) is 2.98. The minimum absolute atomic E-state index is 0.476. The topological polar surface area (TPSA) is 64.4 Å². The maximum Gasteiger partial charge on any atom is 0.193 e. The highest BCUT2D eigenvalue weighted by Crippen LogP contribution is 2.23. The molecule has 6 nitrogen and oxygen atoms in total. The van der Waals surface area contributed by atoms with E-state index < -0.39 is 0 Å². The van der Waals surface area contributed by atoms with Crippen LogP contribution in [0.5, 0.6) is 0 Å². The first-order valence-corrected chi connectivity index (χ1v) is 8.10. The number of nitrogens with two attached hydrogens (primary N) is 1. The molecule has 4 heterocycles. The Kier molecular flexibility index (Phi) is 3.16. The van der Waals surface area contributed by atoms with E-state index in [0.29, 0.717) is 11.9 Å². The van der Waals surface area contributed by atoms with E-state index >= 15 is 0 Å². The number of rotatable bonds is 3. The summed E-state index contributed by atoms with van der Waals surface area (Å²) in [5.74, 6) is 0.607. The van der Waals surface area contributed by atoms with Crippen molar-refractivity contribution in [2.75, 3.05) is 18.8 Å². The molecule has 4 rings (SSSR count). The van der Waals surface area contributed by atoms with Gasteiger partial charge in [0, 0.05) is 43.6 Å². The Hall–Kier alpha value is -1.86. The highest BCUT2D eigenvalue weighted by molar-refractivity contribution is 7.15. The van der Waals surface area contributed by atoms with E-state index in [-0.39, 0.29) is 0 Å². The molecule has 2 N–H and O–H groups in total. The molecule has 3 aromatic rings. The average Bonchev–Trinajstić information content (AvgIpc) is 3.15. The first-order chi connectivity index (χ1) is 10.3. The zero-order valence-electron chi connectivity index (χ0n) is 11.7. The molecular formula is C14H18N6S. The third kappa shape index (κ3) is 2.54. The maximum absolute atomic E-state index is 5.69. The van der Waals surface area contributed by atoms with Gasteiger partial charge in [0.25, 0.3) is 0 Å². The summed E-state index contributed by atoms with van der Waals surface area (Å²) >= 11 is 1.68. The Labute approximate surface area is 126 Å². The van der Waals surface area contributed by atoms with Gasteiger partial charge >= 0.3 is 0 Å². The molecule has 110 valence electrons. The minimum atomic E-state index is 0.476. The van der Waals surface area contributed by atoms with Gasteiger partial charge in [0.1, 0.15) is 5.82 Å². The fraction of sp³-hybridized carbons (Fsp3) is 0.429. The van der Waals surface area contributed by atoms with Crippen LogP contribution in [-0.2, 0) is 6.54 Å². The molecule has 0 spiro atoms. The molecule has 1 saturated heterocycles. The molecule has 21 heavy (non-hydrogen) atoms. The van der Waals surface area contributed by atoms with E-state index in [1.54, 1.807) is 11.3 Å². The molecule has 1 fully saturated rings. The van der Waals surface area contributed by atoms with Crippen LogP contribution < -0.4 is 5.73 Å². The van der Waals surface area contributed by atoms with E-state index in [0.717, 1.165) is 43.1 Å². The number of imidazole rings is 1. The predicted octanol–water partition coefficient (Wildman–Crippen LogP) is 2.01. The van der Waals surface area contributed by atoms with Crippen LogP contribution in [0, 0.1) is 0 Å². The lowest BCUT2D eigenvalue weighted by molar-refractivity contribution is 0.172. The van der Waals surface area contributed by atoms with Gasteiger partial charge in [-0.05, 0) is 18.9 Å². The number of aromatic nitrogens is 4. The summed E-state index contributed by atoms with van der Waals surface area (Å²) in [6, 6.07) is 2.34. The van der Waals surface area contributed by atoms with Crippen LogP contribution in [0.15, 0.2) is 30.0 Å². The van der Waals surface area contributed by atoms with Gasteiger partial charge < -0.3 is 5.73 Å². The molecule has 0 atom stereocenters.